The third-order valence-corrected chi connectivity index (χ3v) is 2.79. The zero-order chi connectivity index (χ0) is 16.5. The predicted molar refractivity (Wildman–Crippen MR) is 64.4 cm³/mol. The summed E-state index contributed by atoms with van der Waals surface area (Å²) in [6, 6.07) is 3.53. The lowest BCUT2D eigenvalue weighted by Crippen LogP contribution is -2.17. The van der Waals surface area contributed by atoms with Gasteiger partial charge in [-0.15, -0.1) is 13.2 Å². The van der Waals surface area contributed by atoms with Gasteiger partial charge in [0.05, 0.1) is 6.61 Å². The van der Waals surface area contributed by atoms with Crippen LogP contribution in [0.3, 0.4) is 0 Å². The zero-order valence-corrected chi connectivity index (χ0v) is 10.7. The van der Waals surface area contributed by atoms with Gasteiger partial charge in [-0.1, -0.05) is 6.07 Å². The molecule has 1 N–H and O–H groups in total. The molecule has 2 nitrogen and oxygen atoms in total. The molecule has 0 aliphatic carbocycles. The smallest absolute Gasteiger partial charge is 0.406 e. The Morgan fingerprint density at radius 1 is 0.864 bits per heavy atom. The Morgan fingerprint density at radius 2 is 1.50 bits per heavy atom. The Kier molecular flexibility index (Phi) is 4.32. The quantitative estimate of drug-likeness (QED) is 0.679. The minimum absolute atomic E-state index is 0.0273. The molecule has 0 saturated carbocycles. The fourth-order valence-corrected chi connectivity index (χ4v) is 1.87. The van der Waals surface area contributed by atoms with Crippen LogP contribution in [-0.4, -0.2) is 11.5 Å². The number of rotatable bonds is 3. The van der Waals surface area contributed by atoms with Crippen LogP contribution < -0.4 is 4.74 Å². The molecular weight excluding hydrogens is 314 g/mol. The highest BCUT2D eigenvalue weighted by Gasteiger charge is 2.31. The summed E-state index contributed by atoms with van der Waals surface area (Å²) in [4.78, 5) is 0. The molecule has 0 aliphatic rings. The van der Waals surface area contributed by atoms with Gasteiger partial charge in [0.15, 0.2) is 11.6 Å². The molecule has 0 radical (unpaired) electrons. The van der Waals surface area contributed by atoms with Crippen molar-refractivity contribution in [1.82, 2.24) is 0 Å². The van der Waals surface area contributed by atoms with Crippen LogP contribution in [0.2, 0.25) is 0 Å². The normalized spacial score (nSPS) is 11.6. The molecule has 2 rings (SSSR count). The van der Waals surface area contributed by atoms with E-state index in [1.54, 1.807) is 0 Å². The molecule has 0 atom stereocenters. The van der Waals surface area contributed by atoms with Crippen molar-refractivity contribution in [2.75, 3.05) is 0 Å². The van der Waals surface area contributed by atoms with Crippen molar-refractivity contribution < 1.29 is 36.2 Å². The Morgan fingerprint density at radius 3 is 2.09 bits per heavy atom. The summed E-state index contributed by atoms with van der Waals surface area (Å²) in [5.74, 6) is -4.67. The number of ether oxygens (including phenoxy) is 1. The lowest BCUT2D eigenvalue weighted by atomic mass is 9.99. The highest BCUT2D eigenvalue weighted by Crippen LogP contribution is 2.33. The van der Waals surface area contributed by atoms with Gasteiger partial charge in [-0.2, -0.15) is 0 Å². The molecule has 118 valence electrons. The van der Waals surface area contributed by atoms with Crippen molar-refractivity contribution in [3.8, 4) is 16.9 Å². The van der Waals surface area contributed by atoms with Gasteiger partial charge in [0.1, 0.15) is 11.6 Å². The van der Waals surface area contributed by atoms with E-state index in [9.17, 15) is 26.3 Å². The second-order valence-electron chi connectivity index (χ2n) is 4.27. The summed E-state index contributed by atoms with van der Waals surface area (Å²) in [5.41, 5.74) is -0.698. The Balaban J connectivity index is 2.58. The maximum Gasteiger partial charge on any atom is 0.573 e. The van der Waals surface area contributed by atoms with E-state index in [4.69, 9.17) is 5.11 Å². The fraction of sp³-hybridized carbons (Fsp3) is 0.143. The Bertz CT molecular complexity index is 696. The van der Waals surface area contributed by atoms with Crippen molar-refractivity contribution in [2.45, 2.75) is 13.0 Å². The largest absolute Gasteiger partial charge is 0.573 e. The first-order valence-corrected chi connectivity index (χ1v) is 5.85. The highest BCUT2D eigenvalue weighted by molar-refractivity contribution is 5.69. The highest BCUT2D eigenvalue weighted by atomic mass is 19.4. The average Bonchev–Trinajstić information content (AvgIpc) is 2.41. The molecule has 0 fully saturated rings. The molecule has 2 aromatic rings. The van der Waals surface area contributed by atoms with Gasteiger partial charge < -0.3 is 9.84 Å². The minimum Gasteiger partial charge on any atom is -0.406 e. The van der Waals surface area contributed by atoms with Gasteiger partial charge in [0, 0.05) is 11.6 Å². The van der Waals surface area contributed by atoms with E-state index in [2.05, 4.69) is 4.74 Å². The lowest BCUT2D eigenvalue weighted by molar-refractivity contribution is -0.274. The minimum atomic E-state index is -4.97. The van der Waals surface area contributed by atoms with E-state index < -0.39 is 41.7 Å². The van der Waals surface area contributed by atoms with Crippen LogP contribution in [0.15, 0.2) is 30.3 Å². The van der Waals surface area contributed by atoms with E-state index in [0.29, 0.717) is 6.07 Å². The van der Waals surface area contributed by atoms with Crippen molar-refractivity contribution in [2.24, 2.45) is 0 Å². The Labute approximate surface area is 120 Å². The third kappa shape index (κ3) is 3.51. The van der Waals surface area contributed by atoms with Gasteiger partial charge in [-0.05, 0) is 29.3 Å². The summed E-state index contributed by atoms with van der Waals surface area (Å²) in [7, 11) is 0. The van der Waals surface area contributed by atoms with Crippen LogP contribution in [0.1, 0.15) is 5.56 Å². The first-order chi connectivity index (χ1) is 10.2. The topological polar surface area (TPSA) is 29.5 Å². The van der Waals surface area contributed by atoms with Gasteiger partial charge in [-0.3, -0.25) is 0 Å². The maximum absolute atomic E-state index is 13.8. The van der Waals surface area contributed by atoms with Crippen LogP contribution in [0, 0.1) is 17.5 Å². The second-order valence-corrected chi connectivity index (χ2v) is 4.27. The maximum atomic E-state index is 13.8. The van der Waals surface area contributed by atoms with Crippen LogP contribution in [0.5, 0.6) is 5.75 Å². The molecule has 0 aromatic heterocycles. The number of alkyl halides is 3. The molecule has 0 heterocycles. The first kappa shape index (κ1) is 16.2. The summed E-state index contributed by atoms with van der Waals surface area (Å²) >= 11 is 0. The molecule has 2 aromatic carbocycles. The zero-order valence-electron chi connectivity index (χ0n) is 10.7. The van der Waals surface area contributed by atoms with Crippen LogP contribution in [0.4, 0.5) is 26.3 Å². The average molecular weight is 322 g/mol. The van der Waals surface area contributed by atoms with Gasteiger partial charge in [0.25, 0.3) is 0 Å². The molecule has 0 amide bonds. The van der Waals surface area contributed by atoms with Crippen LogP contribution in [-0.2, 0) is 6.61 Å². The van der Waals surface area contributed by atoms with E-state index in [-0.39, 0.29) is 17.2 Å². The van der Waals surface area contributed by atoms with Crippen LogP contribution >= 0.6 is 0 Å². The number of hydrogen-bond acceptors (Lipinski definition) is 2. The van der Waals surface area contributed by atoms with Gasteiger partial charge >= 0.3 is 6.36 Å². The first-order valence-electron chi connectivity index (χ1n) is 5.85. The predicted octanol–water partition coefficient (Wildman–Crippen LogP) is 4.16. The number of aliphatic hydroxyl groups excluding tert-OH is 1. The van der Waals surface area contributed by atoms with Crippen molar-refractivity contribution in [3.63, 3.8) is 0 Å². The van der Waals surface area contributed by atoms with Crippen molar-refractivity contribution >= 4 is 0 Å². The van der Waals surface area contributed by atoms with E-state index in [0.717, 1.165) is 18.2 Å². The van der Waals surface area contributed by atoms with Crippen molar-refractivity contribution in [1.29, 1.82) is 0 Å². The molecular formula is C14H8F6O2. The number of benzene rings is 2. The standard InChI is InChI=1S/C14H8F6O2/c15-11-5-13(17)12(16)4-10(11)9-3-8(22-14(18,19)20)2-1-7(9)6-21/h1-5,21H,6H2. The number of hydrogen-bond donors (Lipinski definition) is 1. The van der Waals surface area contributed by atoms with Gasteiger partial charge in [-0.25, -0.2) is 13.2 Å². The molecule has 0 bridgehead atoms. The van der Waals surface area contributed by atoms with E-state index >= 15 is 0 Å². The van der Waals surface area contributed by atoms with Gasteiger partial charge in [0.2, 0.25) is 0 Å². The second kappa shape index (κ2) is 5.88. The summed E-state index contributed by atoms with van der Waals surface area (Å²) < 4.78 is 80.2. The summed E-state index contributed by atoms with van der Waals surface area (Å²) in [6.45, 7) is -0.639. The summed E-state index contributed by atoms with van der Waals surface area (Å²) in [6.07, 6.45) is -4.97. The Hall–Kier alpha value is -2.22. The third-order valence-electron chi connectivity index (χ3n) is 2.79. The molecule has 0 unspecified atom stereocenters. The monoisotopic (exact) mass is 322 g/mol. The lowest BCUT2D eigenvalue weighted by Gasteiger charge is -2.13. The van der Waals surface area contributed by atoms with Crippen LogP contribution in [0.25, 0.3) is 11.1 Å². The molecule has 0 spiro atoms. The SMILES string of the molecule is OCc1ccc(OC(F)(F)F)cc1-c1cc(F)c(F)cc1F. The number of halogens is 6. The molecule has 22 heavy (non-hydrogen) atoms. The fourth-order valence-electron chi connectivity index (χ4n) is 1.87. The van der Waals surface area contributed by atoms with E-state index in [1.165, 1.54) is 0 Å². The number of aliphatic hydroxyl groups is 1. The summed E-state index contributed by atoms with van der Waals surface area (Å²) in [5, 5.41) is 9.16. The van der Waals surface area contributed by atoms with E-state index in [1.807, 2.05) is 0 Å². The molecule has 0 saturated heterocycles. The van der Waals surface area contributed by atoms with Crippen molar-refractivity contribution in [3.05, 3.63) is 53.3 Å². The molecule has 8 heteroatoms. The molecule has 0 aliphatic heterocycles.